The maximum atomic E-state index is 12.1. The molecule has 106 valence electrons. The normalized spacial score (nSPS) is 11.1. The van der Waals surface area contributed by atoms with Crippen LogP contribution in [0.1, 0.15) is 6.92 Å². The summed E-state index contributed by atoms with van der Waals surface area (Å²) in [5.41, 5.74) is 0.281. The first-order valence-corrected chi connectivity index (χ1v) is 8.22. The van der Waals surface area contributed by atoms with Crippen LogP contribution in [-0.2, 0) is 14.8 Å². The van der Waals surface area contributed by atoms with Gasteiger partial charge in [0, 0.05) is 13.1 Å². The lowest BCUT2D eigenvalue weighted by Crippen LogP contribution is -2.13. The van der Waals surface area contributed by atoms with Gasteiger partial charge in [0.2, 0.25) is 11.0 Å². The third-order valence-corrected chi connectivity index (χ3v) is 5.13. The van der Waals surface area contributed by atoms with Gasteiger partial charge in [-0.05, 0) is 28.1 Å². The Morgan fingerprint density at radius 1 is 1.40 bits per heavy atom. The minimum atomic E-state index is -3.88. The third kappa shape index (κ3) is 3.49. The summed E-state index contributed by atoms with van der Waals surface area (Å²) >= 11 is 3.88. The summed E-state index contributed by atoms with van der Waals surface area (Å²) in [7, 11) is -3.88. The zero-order valence-corrected chi connectivity index (χ0v) is 13.2. The fraction of sp³-hybridized carbons (Fsp3) is 0.111. The van der Waals surface area contributed by atoms with Crippen molar-refractivity contribution >= 4 is 54.0 Å². The molecule has 11 heteroatoms. The summed E-state index contributed by atoms with van der Waals surface area (Å²) < 4.78 is 26.6. The highest BCUT2D eigenvalue weighted by Crippen LogP contribution is 2.25. The van der Waals surface area contributed by atoms with Gasteiger partial charge in [0.15, 0.2) is 0 Å². The maximum absolute atomic E-state index is 12.1. The van der Waals surface area contributed by atoms with Crippen molar-refractivity contribution in [2.45, 2.75) is 11.3 Å². The van der Waals surface area contributed by atoms with Crippen molar-refractivity contribution in [3.05, 3.63) is 22.9 Å². The largest absolute Gasteiger partial charge is 0.301 e. The number of anilines is 2. The van der Waals surface area contributed by atoms with Crippen LogP contribution in [0.4, 0.5) is 10.8 Å². The van der Waals surface area contributed by atoms with Crippen LogP contribution >= 0.6 is 27.3 Å². The zero-order valence-electron chi connectivity index (χ0n) is 9.99. The van der Waals surface area contributed by atoms with E-state index in [0.29, 0.717) is 4.60 Å². The molecule has 0 fully saturated rings. The molecule has 0 radical (unpaired) electrons. The second-order valence-electron chi connectivity index (χ2n) is 3.50. The van der Waals surface area contributed by atoms with Gasteiger partial charge in [-0.15, -0.1) is 10.2 Å². The van der Waals surface area contributed by atoms with E-state index in [1.165, 1.54) is 13.1 Å². The van der Waals surface area contributed by atoms with E-state index in [-0.39, 0.29) is 21.1 Å². The highest BCUT2D eigenvalue weighted by molar-refractivity contribution is 9.10. The zero-order chi connectivity index (χ0) is 14.8. The van der Waals surface area contributed by atoms with Crippen molar-refractivity contribution in [3.8, 4) is 0 Å². The van der Waals surface area contributed by atoms with Crippen molar-refractivity contribution in [1.29, 1.82) is 0 Å². The van der Waals surface area contributed by atoms with Crippen LogP contribution in [0.5, 0.6) is 0 Å². The molecule has 8 nitrogen and oxygen atoms in total. The highest BCUT2D eigenvalue weighted by atomic mass is 79.9. The van der Waals surface area contributed by atoms with Crippen LogP contribution < -0.4 is 10.0 Å². The number of carbonyl (C=O) groups excluding carboxylic acids is 1. The van der Waals surface area contributed by atoms with Gasteiger partial charge in [0.1, 0.15) is 4.60 Å². The Hall–Kier alpha value is -1.59. The van der Waals surface area contributed by atoms with Gasteiger partial charge >= 0.3 is 0 Å². The molecule has 2 rings (SSSR count). The predicted octanol–water partition coefficient (Wildman–Crippen LogP) is 1.45. The molecule has 2 aromatic heterocycles. The van der Waals surface area contributed by atoms with Crippen molar-refractivity contribution in [3.63, 3.8) is 0 Å². The van der Waals surface area contributed by atoms with Gasteiger partial charge in [-0.3, -0.25) is 9.52 Å². The molecular weight excluding hydrogens is 370 g/mol. The van der Waals surface area contributed by atoms with E-state index in [0.717, 1.165) is 11.3 Å². The topological polar surface area (TPSA) is 114 Å². The lowest BCUT2D eigenvalue weighted by Gasteiger charge is -2.05. The second kappa shape index (κ2) is 5.81. The smallest absolute Gasteiger partial charge is 0.291 e. The van der Waals surface area contributed by atoms with Gasteiger partial charge < -0.3 is 5.32 Å². The molecule has 2 N–H and O–H groups in total. The predicted molar refractivity (Wildman–Crippen MR) is 77.0 cm³/mol. The molecule has 20 heavy (non-hydrogen) atoms. The first kappa shape index (κ1) is 14.8. The SMILES string of the molecule is CC(=O)Nc1nnc(S(=O)(=O)Nc2cccnc2Br)s1. The Labute approximate surface area is 126 Å². The highest BCUT2D eigenvalue weighted by Gasteiger charge is 2.21. The van der Waals surface area contributed by atoms with Gasteiger partial charge in [0.05, 0.1) is 5.69 Å². The van der Waals surface area contributed by atoms with E-state index >= 15 is 0 Å². The molecule has 2 heterocycles. The third-order valence-electron chi connectivity index (χ3n) is 1.92. The first-order valence-electron chi connectivity index (χ1n) is 5.13. The Kier molecular flexibility index (Phi) is 4.30. The minimum Gasteiger partial charge on any atom is -0.301 e. The summed E-state index contributed by atoms with van der Waals surface area (Å²) in [6, 6.07) is 3.13. The van der Waals surface area contributed by atoms with Gasteiger partial charge in [-0.2, -0.15) is 8.42 Å². The summed E-state index contributed by atoms with van der Waals surface area (Å²) in [6.45, 7) is 1.29. The van der Waals surface area contributed by atoms with Gasteiger partial charge in [0.25, 0.3) is 14.4 Å². The quantitative estimate of drug-likeness (QED) is 0.615. The Balaban J connectivity index is 2.25. The molecule has 0 saturated carbocycles. The Morgan fingerprint density at radius 2 is 2.15 bits per heavy atom. The summed E-state index contributed by atoms with van der Waals surface area (Å²) in [5.74, 6) is -0.354. The number of nitrogens with zero attached hydrogens (tertiary/aromatic N) is 3. The van der Waals surface area contributed by atoms with E-state index in [1.807, 2.05) is 0 Å². The molecule has 0 aromatic carbocycles. The molecule has 0 aliphatic carbocycles. The van der Waals surface area contributed by atoms with Crippen LogP contribution in [0.15, 0.2) is 27.3 Å². The van der Waals surface area contributed by atoms with Crippen molar-refractivity contribution in [1.82, 2.24) is 15.2 Å². The minimum absolute atomic E-state index is 0.114. The number of amides is 1. The summed E-state index contributed by atoms with van der Waals surface area (Å²) in [5, 5.41) is 9.59. The van der Waals surface area contributed by atoms with E-state index in [9.17, 15) is 13.2 Å². The molecule has 0 saturated heterocycles. The van der Waals surface area contributed by atoms with E-state index in [2.05, 4.69) is 41.2 Å². The van der Waals surface area contributed by atoms with Crippen molar-refractivity contribution in [2.75, 3.05) is 10.0 Å². The molecule has 0 atom stereocenters. The van der Waals surface area contributed by atoms with E-state index in [4.69, 9.17) is 0 Å². The Bertz CT molecular complexity index is 746. The van der Waals surface area contributed by atoms with Crippen LogP contribution in [0, 0.1) is 0 Å². The monoisotopic (exact) mass is 377 g/mol. The molecule has 0 aliphatic heterocycles. The molecule has 1 amide bonds. The molecule has 0 unspecified atom stereocenters. The van der Waals surface area contributed by atoms with Crippen molar-refractivity contribution in [2.24, 2.45) is 0 Å². The Morgan fingerprint density at radius 3 is 2.80 bits per heavy atom. The van der Waals surface area contributed by atoms with Crippen LogP contribution in [0.2, 0.25) is 0 Å². The lowest BCUT2D eigenvalue weighted by atomic mass is 10.4. The first-order chi connectivity index (χ1) is 9.38. The van der Waals surface area contributed by atoms with Crippen LogP contribution in [-0.4, -0.2) is 29.5 Å². The van der Waals surface area contributed by atoms with Gasteiger partial charge in [-0.25, -0.2) is 4.98 Å². The van der Waals surface area contributed by atoms with Gasteiger partial charge in [-0.1, -0.05) is 11.3 Å². The fourth-order valence-electron chi connectivity index (χ4n) is 1.17. The average molecular weight is 378 g/mol. The van der Waals surface area contributed by atoms with E-state index < -0.39 is 10.0 Å². The number of aromatic nitrogens is 3. The number of hydrogen-bond acceptors (Lipinski definition) is 7. The van der Waals surface area contributed by atoms with E-state index in [1.54, 1.807) is 12.1 Å². The molecular formula is C9H8BrN5O3S2. The summed E-state index contributed by atoms with van der Waals surface area (Å²) in [6.07, 6.45) is 1.52. The number of rotatable bonds is 4. The fourth-order valence-corrected chi connectivity index (χ4v) is 3.66. The van der Waals surface area contributed by atoms with Crippen LogP contribution in [0.3, 0.4) is 0 Å². The molecule has 0 bridgehead atoms. The molecule has 2 aromatic rings. The lowest BCUT2D eigenvalue weighted by molar-refractivity contribution is -0.114. The number of nitrogens with one attached hydrogen (secondary N) is 2. The second-order valence-corrected chi connectivity index (χ2v) is 7.09. The van der Waals surface area contributed by atoms with Crippen molar-refractivity contribution < 1.29 is 13.2 Å². The number of halogens is 1. The number of sulfonamides is 1. The van der Waals surface area contributed by atoms with Crippen LogP contribution in [0.25, 0.3) is 0 Å². The maximum Gasteiger partial charge on any atom is 0.291 e. The number of carbonyl (C=O) groups is 1. The molecule has 0 aliphatic rings. The number of hydrogen-bond donors (Lipinski definition) is 2. The average Bonchev–Trinajstić information content (AvgIpc) is 2.80. The molecule has 0 spiro atoms. The number of pyridine rings is 1. The standard InChI is InChI=1S/C9H8BrN5O3S2/c1-5(16)12-8-13-14-9(19-8)20(17,18)15-6-3-2-4-11-7(6)10/h2-4,15H,1H3,(H,12,13,16). The summed E-state index contributed by atoms with van der Waals surface area (Å²) in [4.78, 5) is 14.8.